The van der Waals surface area contributed by atoms with E-state index in [-0.39, 0.29) is 0 Å². The van der Waals surface area contributed by atoms with Gasteiger partial charge in [-0.15, -0.1) is 0 Å². The number of rotatable bonds is 3. The molecular weight excluding hydrogens is 236 g/mol. The van der Waals surface area contributed by atoms with Crippen LogP contribution in [0, 0.1) is 0 Å². The highest BCUT2D eigenvalue weighted by Crippen LogP contribution is 2.17. The van der Waals surface area contributed by atoms with Crippen LogP contribution in [0.1, 0.15) is 25.3 Å². The zero-order valence-corrected chi connectivity index (χ0v) is 11.8. The van der Waals surface area contributed by atoms with E-state index in [1.165, 1.54) is 37.2 Å². The molecule has 0 radical (unpaired) electrons. The summed E-state index contributed by atoms with van der Waals surface area (Å²) >= 11 is 0. The predicted molar refractivity (Wildman–Crippen MR) is 77.4 cm³/mol. The Labute approximate surface area is 115 Å². The molecule has 0 saturated carbocycles. The molecule has 0 aromatic carbocycles. The topological polar surface area (TPSA) is 24.3 Å². The van der Waals surface area contributed by atoms with Crippen molar-refractivity contribution in [1.29, 1.82) is 0 Å². The average molecular weight is 258 g/mol. The van der Waals surface area contributed by atoms with Gasteiger partial charge in [0, 0.05) is 37.6 Å². The summed E-state index contributed by atoms with van der Waals surface area (Å²) in [6, 6.07) is 0.422. The second-order valence-electron chi connectivity index (χ2n) is 5.59. The van der Waals surface area contributed by atoms with Gasteiger partial charge in [-0.25, -0.2) is 4.68 Å². The summed E-state index contributed by atoms with van der Waals surface area (Å²) in [6.45, 7) is 5.69. The third kappa shape index (κ3) is 2.73. The van der Waals surface area contributed by atoms with Crippen LogP contribution in [0.2, 0.25) is 0 Å². The molecule has 1 aromatic rings. The molecule has 102 valence electrons. The van der Waals surface area contributed by atoms with Crippen LogP contribution in [-0.2, 0) is 6.54 Å². The maximum absolute atomic E-state index is 4.49. The number of hydrogen-bond donors (Lipinski definition) is 0. The zero-order valence-electron chi connectivity index (χ0n) is 11.8. The summed E-state index contributed by atoms with van der Waals surface area (Å²) in [5.74, 6) is 0. The molecule has 0 N–H and O–H groups in total. The van der Waals surface area contributed by atoms with Gasteiger partial charge in [0.05, 0.1) is 11.9 Å². The SMILES string of the molecule is CC1C=C(n2cc(CN3CCCC3)cn2)C=CN1C. The van der Waals surface area contributed by atoms with Crippen molar-refractivity contribution in [2.75, 3.05) is 20.1 Å². The Morgan fingerprint density at radius 3 is 2.84 bits per heavy atom. The third-order valence-corrected chi connectivity index (χ3v) is 4.04. The molecule has 4 nitrogen and oxygen atoms in total. The first-order valence-corrected chi connectivity index (χ1v) is 7.10. The summed E-state index contributed by atoms with van der Waals surface area (Å²) in [4.78, 5) is 4.70. The molecule has 19 heavy (non-hydrogen) atoms. The molecule has 3 rings (SSSR count). The number of aromatic nitrogens is 2. The van der Waals surface area contributed by atoms with Crippen molar-refractivity contribution in [1.82, 2.24) is 19.6 Å². The fraction of sp³-hybridized carbons (Fsp3) is 0.533. The molecule has 0 aliphatic carbocycles. The summed E-state index contributed by atoms with van der Waals surface area (Å²) in [5.41, 5.74) is 2.47. The molecule has 1 unspecified atom stereocenters. The van der Waals surface area contributed by atoms with E-state index >= 15 is 0 Å². The maximum atomic E-state index is 4.49. The van der Waals surface area contributed by atoms with Gasteiger partial charge in [-0.3, -0.25) is 4.90 Å². The first-order valence-electron chi connectivity index (χ1n) is 7.10. The average Bonchev–Trinajstić information content (AvgIpc) is 3.05. The first kappa shape index (κ1) is 12.5. The normalized spacial score (nSPS) is 24.0. The lowest BCUT2D eigenvalue weighted by Gasteiger charge is -2.24. The summed E-state index contributed by atoms with van der Waals surface area (Å²) < 4.78 is 1.99. The molecular formula is C15H22N4. The quantitative estimate of drug-likeness (QED) is 0.830. The fourth-order valence-electron chi connectivity index (χ4n) is 2.68. The van der Waals surface area contributed by atoms with Crippen molar-refractivity contribution in [2.24, 2.45) is 0 Å². The number of likely N-dealkylation sites (tertiary alicyclic amines) is 1. The molecule has 4 heteroatoms. The Morgan fingerprint density at radius 1 is 1.32 bits per heavy atom. The van der Waals surface area contributed by atoms with Crippen molar-refractivity contribution >= 4 is 5.70 Å². The Kier molecular flexibility index (Phi) is 3.42. The van der Waals surface area contributed by atoms with Crippen molar-refractivity contribution in [3.63, 3.8) is 0 Å². The van der Waals surface area contributed by atoms with Gasteiger partial charge in [0.15, 0.2) is 0 Å². The van der Waals surface area contributed by atoms with Crippen LogP contribution in [0.15, 0.2) is 30.7 Å². The van der Waals surface area contributed by atoms with Gasteiger partial charge in [0.2, 0.25) is 0 Å². The minimum absolute atomic E-state index is 0.422. The van der Waals surface area contributed by atoms with E-state index in [2.05, 4.69) is 53.4 Å². The second kappa shape index (κ2) is 5.21. The molecule has 2 aliphatic rings. The Balaban J connectivity index is 1.71. The second-order valence-corrected chi connectivity index (χ2v) is 5.59. The highest BCUT2D eigenvalue weighted by molar-refractivity contribution is 5.58. The van der Waals surface area contributed by atoms with E-state index in [1.807, 2.05) is 10.9 Å². The van der Waals surface area contributed by atoms with Crippen LogP contribution >= 0.6 is 0 Å². The first-order chi connectivity index (χ1) is 9.22. The van der Waals surface area contributed by atoms with E-state index in [0.717, 1.165) is 6.54 Å². The lowest BCUT2D eigenvalue weighted by atomic mass is 10.2. The molecule has 3 heterocycles. The lowest BCUT2D eigenvalue weighted by molar-refractivity contribution is 0.331. The predicted octanol–water partition coefficient (Wildman–Crippen LogP) is 2.17. The molecule has 1 saturated heterocycles. The van der Waals surface area contributed by atoms with E-state index < -0.39 is 0 Å². The summed E-state index contributed by atoms with van der Waals surface area (Å²) in [5, 5.41) is 4.49. The van der Waals surface area contributed by atoms with Gasteiger partial charge in [-0.1, -0.05) is 0 Å². The maximum Gasteiger partial charge on any atom is 0.0640 e. The minimum atomic E-state index is 0.422. The molecule has 2 aliphatic heterocycles. The van der Waals surface area contributed by atoms with Crippen molar-refractivity contribution in [2.45, 2.75) is 32.4 Å². The largest absolute Gasteiger partial charge is 0.374 e. The monoisotopic (exact) mass is 258 g/mol. The highest BCUT2D eigenvalue weighted by atomic mass is 15.3. The lowest BCUT2D eigenvalue weighted by Crippen LogP contribution is -2.24. The molecule has 0 spiro atoms. The number of allylic oxidation sites excluding steroid dienone is 2. The fourth-order valence-corrected chi connectivity index (χ4v) is 2.68. The molecule has 1 atom stereocenters. The van der Waals surface area contributed by atoms with E-state index in [4.69, 9.17) is 0 Å². The van der Waals surface area contributed by atoms with Crippen LogP contribution in [0.5, 0.6) is 0 Å². The van der Waals surface area contributed by atoms with Crippen molar-refractivity contribution in [3.8, 4) is 0 Å². The van der Waals surface area contributed by atoms with Crippen LogP contribution < -0.4 is 0 Å². The number of hydrogen-bond acceptors (Lipinski definition) is 3. The van der Waals surface area contributed by atoms with Gasteiger partial charge in [-0.2, -0.15) is 5.10 Å². The molecule has 0 bridgehead atoms. The van der Waals surface area contributed by atoms with Crippen molar-refractivity contribution < 1.29 is 0 Å². The highest BCUT2D eigenvalue weighted by Gasteiger charge is 2.14. The van der Waals surface area contributed by atoms with Crippen LogP contribution in [0.4, 0.5) is 0 Å². The van der Waals surface area contributed by atoms with Gasteiger partial charge in [0.1, 0.15) is 0 Å². The van der Waals surface area contributed by atoms with Crippen molar-refractivity contribution in [3.05, 3.63) is 36.3 Å². The summed E-state index contributed by atoms with van der Waals surface area (Å²) in [6.07, 6.45) is 13.3. The van der Waals surface area contributed by atoms with Crippen LogP contribution in [0.25, 0.3) is 5.70 Å². The van der Waals surface area contributed by atoms with E-state index in [9.17, 15) is 0 Å². The van der Waals surface area contributed by atoms with Gasteiger partial charge in [0.25, 0.3) is 0 Å². The Morgan fingerprint density at radius 2 is 2.11 bits per heavy atom. The molecule has 0 amide bonds. The Bertz CT molecular complexity index is 494. The van der Waals surface area contributed by atoms with Gasteiger partial charge < -0.3 is 4.90 Å². The van der Waals surface area contributed by atoms with Gasteiger partial charge >= 0.3 is 0 Å². The molecule has 1 fully saturated rings. The number of likely N-dealkylation sites (N-methyl/N-ethyl adjacent to an activating group) is 1. The van der Waals surface area contributed by atoms with E-state index in [1.54, 1.807) is 0 Å². The third-order valence-electron chi connectivity index (χ3n) is 4.04. The minimum Gasteiger partial charge on any atom is -0.374 e. The summed E-state index contributed by atoms with van der Waals surface area (Å²) in [7, 11) is 2.09. The molecule has 1 aromatic heterocycles. The number of nitrogens with zero attached hydrogens (tertiary/aromatic N) is 4. The Hall–Kier alpha value is -1.55. The zero-order chi connectivity index (χ0) is 13.2. The smallest absolute Gasteiger partial charge is 0.0640 e. The van der Waals surface area contributed by atoms with Crippen LogP contribution in [0.3, 0.4) is 0 Å². The standard InChI is InChI=1S/C15H22N4/c1-13-9-15(5-8-17(13)2)19-12-14(10-16-19)11-18-6-3-4-7-18/h5,8-10,12-13H,3-4,6-7,11H2,1-2H3. The van der Waals surface area contributed by atoms with E-state index in [0.29, 0.717) is 6.04 Å². The van der Waals surface area contributed by atoms with Crippen LogP contribution in [-0.4, -0.2) is 45.8 Å². The van der Waals surface area contributed by atoms with Gasteiger partial charge in [-0.05, 0) is 45.0 Å².